The van der Waals surface area contributed by atoms with Crippen LogP contribution < -0.4 is 10.2 Å². The molecule has 0 bridgehead atoms. The standard InChI is InChI=1S/C29H32FN5O3/c1-37-25-12-8-22(9-13-25)18-31-38-21-29(36)34-16-14-33(15-17-34)20-28-32-26-4-2-3-5-27(26)35(28)19-23-6-10-24(30)11-7-23/h2-13,31H,14-21H2,1H3. The van der Waals surface area contributed by atoms with Crippen LogP contribution in [0.5, 0.6) is 5.75 Å². The number of ether oxygens (including phenoxy) is 1. The molecule has 4 aromatic rings. The quantitative estimate of drug-likeness (QED) is 0.256. The monoisotopic (exact) mass is 517 g/mol. The van der Waals surface area contributed by atoms with Gasteiger partial charge in [-0.25, -0.2) is 9.37 Å². The van der Waals surface area contributed by atoms with Gasteiger partial charge in [0.2, 0.25) is 0 Å². The predicted molar refractivity (Wildman–Crippen MR) is 143 cm³/mol. The van der Waals surface area contributed by atoms with Gasteiger partial charge in [0.25, 0.3) is 5.91 Å². The molecule has 1 saturated heterocycles. The number of hydrogen-bond acceptors (Lipinski definition) is 6. The van der Waals surface area contributed by atoms with Crippen LogP contribution in [0.2, 0.25) is 0 Å². The third kappa shape index (κ3) is 6.36. The van der Waals surface area contributed by atoms with Gasteiger partial charge in [-0.05, 0) is 47.5 Å². The molecule has 2 heterocycles. The average Bonchev–Trinajstić information content (AvgIpc) is 3.29. The summed E-state index contributed by atoms with van der Waals surface area (Å²) in [6.07, 6.45) is 0. The molecule has 1 aliphatic rings. The van der Waals surface area contributed by atoms with Crippen molar-refractivity contribution in [3.63, 3.8) is 0 Å². The van der Waals surface area contributed by atoms with Gasteiger partial charge in [0.15, 0.2) is 0 Å². The van der Waals surface area contributed by atoms with Crippen LogP contribution in [0, 0.1) is 5.82 Å². The summed E-state index contributed by atoms with van der Waals surface area (Å²) < 4.78 is 20.8. The molecule has 5 rings (SSSR count). The van der Waals surface area contributed by atoms with Crippen molar-refractivity contribution in [2.24, 2.45) is 0 Å². The van der Waals surface area contributed by atoms with Gasteiger partial charge in [0.1, 0.15) is 24.0 Å². The molecule has 8 nitrogen and oxygen atoms in total. The van der Waals surface area contributed by atoms with E-state index in [2.05, 4.69) is 21.0 Å². The fourth-order valence-electron chi connectivity index (χ4n) is 4.63. The Morgan fingerprint density at radius 1 is 0.921 bits per heavy atom. The summed E-state index contributed by atoms with van der Waals surface area (Å²) in [7, 11) is 1.63. The molecule has 1 N–H and O–H groups in total. The lowest BCUT2D eigenvalue weighted by atomic mass is 10.2. The molecular formula is C29H32FN5O3. The highest BCUT2D eigenvalue weighted by Gasteiger charge is 2.23. The number of hydrogen-bond donors (Lipinski definition) is 1. The van der Waals surface area contributed by atoms with Gasteiger partial charge >= 0.3 is 0 Å². The van der Waals surface area contributed by atoms with Crippen molar-refractivity contribution in [2.45, 2.75) is 19.6 Å². The molecule has 1 fully saturated rings. The molecule has 1 amide bonds. The summed E-state index contributed by atoms with van der Waals surface area (Å²) in [5, 5.41) is 0. The number of benzene rings is 3. The number of hydroxylamine groups is 1. The van der Waals surface area contributed by atoms with Crippen molar-refractivity contribution in [1.29, 1.82) is 0 Å². The van der Waals surface area contributed by atoms with Crippen LogP contribution in [0.4, 0.5) is 4.39 Å². The summed E-state index contributed by atoms with van der Waals surface area (Å²) in [6.45, 7) is 4.58. The Bertz CT molecular complexity index is 1350. The van der Waals surface area contributed by atoms with Gasteiger partial charge in [-0.2, -0.15) is 5.48 Å². The van der Waals surface area contributed by atoms with E-state index in [4.69, 9.17) is 14.6 Å². The summed E-state index contributed by atoms with van der Waals surface area (Å²) in [4.78, 5) is 27.1. The summed E-state index contributed by atoms with van der Waals surface area (Å²) in [6, 6.07) is 22.3. The van der Waals surface area contributed by atoms with Crippen LogP contribution >= 0.6 is 0 Å². The van der Waals surface area contributed by atoms with Gasteiger partial charge in [0.05, 0.1) is 24.7 Å². The smallest absolute Gasteiger partial charge is 0.250 e. The average molecular weight is 518 g/mol. The number of carbonyl (C=O) groups excluding carboxylic acids is 1. The highest BCUT2D eigenvalue weighted by atomic mass is 19.1. The SMILES string of the molecule is COc1ccc(CNOCC(=O)N2CCN(Cc3nc4ccccc4n3Cc3ccc(F)cc3)CC2)cc1. The Hall–Kier alpha value is -3.79. The number of halogens is 1. The Morgan fingerprint density at radius 2 is 1.63 bits per heavy atom. The van der Waals surface area contributed by atoms with Crippen LogP contribution in [0.3, 0.4) is 0 Å². The van der Waals surface area contributed by atoms with E-state index in [1.807, 2.05) is 59.5 Å². The lowest BCUT2D eigenvalue weighted by Gasteiger charge is -2.34. The van der Waals surface area contributed by atoms with E-state index in [9.17, 15) is 9.18 Å². The van der Waals surface area contributed by atoms with Crippen molar-refractivity contribution < 1.29 is 18.8 Å². The lowest BCUT2D eigenvalue weighted by molar-refractivity contribution is -0.141. The minimum absolute atomic E-state index is 0.0103. The van der Waals surface area contributed by atoms with E-state index < -0.39 is 0 Å². The number of piperazine rings is 1. The van der Waals surface area contributed by atoms with E-state index in [1.165, 1.54) is 12.1 Å². The Labute approximate surface area is 221 Å². The van der Waals surface area contributed by atoms with Crippen LogP contribution in [0.15, 0.2) is 72.8 Å². The second kappa shape index (κ2) is 12.2. The number of methoxy groups -OCH3 is 1. The largest absolute Gasteiger partial charge is 0.497 e. The van der Waals surface area contributed by atoms with Crippen LogP contribution in [-0.4, -0.2) is 65.2 Å². The topological polar surface area (TPSA) is 71.9 Å². The maximum Gasteiger partial charge on any atom is 0.250 e. The number of imidazole rings is 1. The van der Waals surface area contributed by atoms with Crippen molar-refractivity contribution in [2.75, 3.05) is 39.9 Å². The molecular weight excluding hydrogens is 485 g/mol. The zero-order valence-corrected chi connectivity index (χ0v) is 21.5. The third-order valence-electron chi connectivity index (χ3n) is 6.81. The van der Waals surface area contributed by atoms with Crippen molar-refractivity contribution in [3.05, 3.63) is 95.6 Å². The molecule has 198 valence electrons. The predicted octanol–water partition coefficient (Wildman–Crippen LogP) is 3.60. The second-order valence-corrected chi connectivity index (χ2v) is 9.34. The first-order valence-electron chi connectivity index (χ1n) is 12.8. The molecule has 0 unspecified atom stereocenters. The number of para-hydroxylation sites is 2. The van der Waals surface area contributed by atoms with Gasteiger partial charge in [-0.15, -0.1) is 0 Å². The van der Waals surface area contributed by atoms with E-state index in [0.717, 1.165) is 46.8 Å². The molecule has 38 heavy (non-hydrogen) atoms. The van der Waals surface area contributed by atoms with E-state index in [0.29, 0.717) is 32.7 Å². The lowest BCUT2D eigenvalue weighted by Crippen LogP contribution is -2.49. The number of rotatable bonds is 10. The first kappa shape index (κ1) is 25.8. The van der Waals surface area contributed by atoms with Crippen molar-refractivity contribution >= 4 is 16.9 Å². The number of aromatic nitrogens is 2. The molecule has 0 aliphatic carbocycles. The van der Waals surface area contributed by atoms with Crippen molar-refractivity contribution in [1.82, 2.24) is 24.8 Å². The number of carbonyl (C=O) groups is 1. The van der Waals surface area contributed by atoms with Gasteiger partial charge in [-0.1, -0.05) is 36.4 Å². The Balaban J connectivity index is 1.12. The summed E-state index contributed by atoms with van der Waals surface area (Å²) in [5.74, 6) is 1.49. The van der Waals surface area contributed by atoms with Gasteiger partial charge in [0, 0.05) is 39.3 Å². The second-order valence-electron chi connectivity index (χ2n) is 9.34. The van der Waals surface area contributed by atoms with E-state index in [1.54, 1.807) is 7.11 Å². The maximum atomic E-state index is 13.4. The number of fused-ring (bicyclic) bond motifs is 1. The first-order valence-corrected chi connectivity index (χ1v) is 12.8. The summed E-state index contributed by atoms with van der Waals surface area (Å²) >= 11 is 0. The highest BCUT2D eigenvalue weighted by molar-refractivity contribution is 5.77. The van der Waals surface area contributed by atoms with E-state index in [-0.39, 0.29) is 18.3 Å². The zero-order valence-electron chi connectivity index (χ0n) is 21.5. The number of nitrogens with zero attached hydrogens (tertiary/aromatic N) is 4. The molecule has 1 aromatic heterocycles. The fourth-order valence-corrected chi connectivity index (χ4v) is 4.63. The van der Waals surface area contributed by atoms with Crippen molar-refractivity contribution in [3.8, 4) is 5.75 Å². The third-order valence-corrected chi connectivity index (χ3v) is 6.81. The normalized spacial score (nSPS) is 14.2. The first-order chi connectivity index (χ1) is 18.6. The summed E-state index contributed by atoms with van der Waals surface area (Å²) in [5.41, 5.74) is 6.92. The minimum atomic E-state index is -0.240. The van der Waals surface area contributed by atoms with Crippen LogP contribution in [0.25, 0.3) is 11.0 Å². The zero-order chi connectivity index (χ0) is 26.3. The molecule has 1 aliphatic heterocycles. The number of amides is 1. The Morgan fingerprint density at radius 3 is 2.37 bits per heavy atom. The fraction of sp³-hybridized carbons (Fsp3) is 0.310. The van der Waals surface area contributed by atoms with Gasteiger partial charge in [-0.3, -0.25) is 14.5 Å². The van der Waals surface area contributed by atoms with Crippen LogP contribution in [-0.2, 0) is 29.3 Å². The molecule has 0 atom stereocenters. The number of nitrogens with one attached hydrogen (secondary N) is 1. The molecule has 0 saturated carbocycles. The Kier molecular flexibility index (Phi) is 8.28. The molecule has 0 spiro atoms. The molecule has 0 radical (unpaired) electrons. The maximum absolute atomic E-state index is 13.4. The van der Waals surface area contributed by atoms with Crippen LogP contribution in [0.1, 0.15) is 17.0 Å². The highest BCUT2D eigenvalue weighted by Crippen LogP contribution is 2.20. The minimum Gasteiger partial charge on any atom is -0.497 e. The molecule has 3 aromatic carbocycles. The molecule has 9 heteroatoms. The van der Waals surface area contributed by atoms with E-state index >= 15 is 0 Å². The van der Waals surface area contributed by atoms with Gasteiger partial charge < -0.3 is 14.2 Å².